The maximum Gasteiger partial charge on any atom is 0.225 e. The smallest absolute Gasteiger partial charge is 0.225 e. The van der Waals surface area contributed by atoms with Gasteiger partial charge in [0.1, 0.15) is 29.0 Å². The second-order valence-electron chi connectivity index (χ2n) is 9.04. The first kappa shape index (κ1) is 23.1. The van der Waals surface area contributed by atoms with Crippen LogP contribution in [0.5, 0.6) is 0 Å². The number of halogens is 3. The third kappa shape index (κ3) is 4.52. The van der Waals surface area contributed by atoms with Crippen molar-refractivity contribution in [3.8, 4) is 11.3 Å². The molecule has 1 aliphatic rings. The fourth-order valence-electron chi connectivity index (χ4n) is 4.77. The number of pyridine rings is 1. The molecule has 5 rings (SSSR count). The van der Waals surface area contributed by atoms with Crippen LogP contribution >= 0.6 is 23.2 Å². The molecule has 0 radical (unpaired) electrons. The molecule has 1 unspecified atom stereocenters. The number of imidazole rings is 1. The van der Waals surface area contributed by atoms with Gasteiger partial charge in [-0.3, -0.25) is 4.98 Å². The van der Waals surface area contributed by atoms with E-state index in [-0.39, 0.29) is 10.8 Å². The Hall–Kier alpha value is -2.61. The molecule has 1 aromatic carbocycles. The summed E-state index contributed by atoms with van der Waals surface area (Å²) in [5.41, 5.74) is 2.30. The van der Waals surface area contributed by atoms with Crippen LogP contribution in [0, 0.1) is 17.7 Å². The van der Waals surface area contributed by atoms with E-state index in [1.807, 2.05) is 4.57 Å². The summed E-state index contributed by atoms with van der Waals surface area (Å²) in [5, 5.41) is 11.7. The Morgan fingerprint density at radius 1 is 1.09 bits per heavy atom. The summed E-state index contributed by atoms with van der Waals surface area (Å²) in [6, 6.07) is 7.92. The van der Waals surface area contributed by atoms with Crippen LogP contribution in [0.1, 0.15) is 50.1 Å². The molecule has 0 spiro atoms. The maximum atomic E-state index is 14.6. The van der Waals surface area contributed by atoms with Gasteiger partial charge in [-0.15, -0.1) is 0 Å². The van der Waals surface area contributed by atoms with Crippen LogP contribution in [0.2, 0.25) is 10.3 Å². The number of hydrogen-bond donors (Lipinski definition) is 1. The molecular weight excluding hydrogens is 476 g/mol. The predicted molar refractivity (Wildman–Crippen MR) is 130 cm³/mol. The Morgan fingerprint density at radius 3 is 2.59 bits per heavy atom. The first-order chi connectivity index (χ1) is 16.4. The van der Waals surface area contributed by atoms with E-state index in [9.17, 15) is 9.50 Å². The molecule has 1 aliphatic carbocycles. The lowest BCUT2D eigenvalue weighted by atomic mass is 9.83. The molecular formula is C25H24Cl2FN5O. The van der Waals surface area contributed by atoms with Crippen LogP contribution in [-0.4, -0.2) is 29.6 Å². The number of aromatic nitrogens is 5. The van der Waals surface area contributed by atoms with Crippen LogP contribution < -0.4 is 0 Å². The molecule has 3 heterocycles. The minimum atomic E-state index is -1.28. The molecule has 1 fully saturated rings. The highest BCUT2D eigenvalue weighted by Gasteiger charge is 2.28. The van der Waals surface area contributed by atoms with Gasteiger partial charge in [-0.2, -0.15) is 4.98 Å². The summed E-state index contributed by atoms with van der Waals surface area (Å²) in [4.78, 5) is 17.6. The first-order valence-electron chi connectivity index (χ1n) is 11.4. The Labute approximate surface area is 206 Å². The van der Waals surface area contributed by atoms with E-state index < -0.39 is 11.9 Å². The van der Waals surface area contributed by atoms with E-state index in [4.69, 9.17) is 23.2 Å². The van der Waals surface area contributed by atoms with Gasteiger partial charge in [-0.05, 0) is 48.4 Å². The van der Waals surface area contributed by atoms with Gasteiger partial charge in [0.2, 0.25) is 5.28 Å². The lowest BCUT2D eigenvalue weighted by Crippen LogP contribution is -2.20. The quantitative estimate of drug-likeness (QED) is 0.328. The number of fused-ring (bicyclic) bond motifs is 1. The summed E-state index contributed by atoms with van der Waals surface area (Å²) in [6.45, 7) is 2.88. The van der Waals surface area contributed by atoms with E-state index in [0.717, 1.165) is 25.7 Å². The van der Waals surface area contributed by atoms with E-state index >= 15 is 0 Å². The third-order valence-corrected chi connectivity index (χ3v) is 6.98. The summed E-state index contributed by atoms with van der Waals surface area (Å²) < 4.78 is 16.5. The van der Waals surface area contributed by atoms with Crippen molar-refractivity contribution in [3.63, 3.8) is 0 Å². The molecule has 34 heavy (non-hydrogen) atoms. The van der Waals surface area contributed by atoms with Gasteiger partial charge < -0.3 is 9.67 Å². The second-order valence-corrected chi connectivity index (χ2v) is 9.81. The van der Waals surface area contributed by atoms with E-state index in [2.05, 4.69) is 26.9 Å². The van der Waals surface area contributed by atoms with E-state index in [1.165, 1.54) is 6.07 Å². The number of aliphatic hydroxyl groups is 1. The Morgan fingerprint density at radius 2 is 1.85 bits per heavy atom. The summed E-state index contributed by atoms with van der Waals surface area (Å²) in [6.07, 6.45) is 6.35. The average molecular weight is 500 g/mol. The zero-order valence-electron chi connectivity index (χ0n) is 18.6. The van der Waals surface area contributed by atoms with Crippen molar-refractivity contribution in [1.82, 2.24) is 24.5 Å². The Bertz CT molecular complexity index is 1340. The Kier molecular flexibility index (Phi) is 6.51. The molecule has 0 amide bonds. The zero-order valence-corrected chi connectivity index (χ0v) is 20.1. The lowest BCUT2D eigenvalue weighted by Gasteiger charge is -2.27. The van der Waals surface area contributed by atoms with Crippen molar-refractivity contribution < 1.29 is 9.50 Å². The van der Waals surface area contributed by atoms with Crippen molar-refractivity contribution in [2.45, 2.75) is 45.3 Å². The van der Waals surface area contributed by atoms with E-state index in [0.29, 0.717) is 51.6 Å². The zero-order chi connectivity index (χ0) is 23.8. The van der Waals surface area contributed by atoms with E-state index in [1.54, 1.807) is 36.7 Å². The maximum absolute atomic E-state index is 14.6. The number of aliphatic hydroxyl groups excluding tert-OH is 1. The summed E-state index contributed by atoms with van der Waals surface area (Å²) in [5.74, 6) is 0.908. The molecule has 9 heteroatoms. The monoisotopic (exact) mass is 499 g/mol. The molecule has 0 bridgehead atoms. The molecule has 1 atom stereocenters. The molecule has 4 aromatic rings. The van der Waals surface area contributed by atoms with Crippen molar-refractivity contribution in [1.29, 1.82) is 0 Å². The molecule has 176 valence electrons. The van der Waals surface area contributed by atoms with Gasteiger partial charge in [-0.25, -0.2) is 14.4 Å². The molecule has 0 saturated heterocycles. The number of benzene rings is 1. The fourth-order valence-corrected chi connectivity index (χ4v) is 5.11. The highest BCUT2D eigenvalue weighted by molar-refractivity contribution is 6.30. The van der Waals surface area contributed by atoms with Crippen molar-refractivity contribution in [2.75, 3.05) is 0 Å². The van der Waals surface area contributed by atoms with Crippen LogP contribution in [0.15, 0.2) is 42.7 Å². The second kappa shape index (κ2) is 9.56. The van der Waals surface area contributed by atoms with Crippen molar-refractivity contribution in [3.05, 3.63) is 70.2 Å². The average Bonchev–Trinajstić information content (AvgIpc) is 3.17. The third-order valence-electron chi connectivity index (χ3n) is 6.60. The SMILES string of the molecule is C[C@H]1CC[C@H](Cn2c(C(O)c3ccccc3F)nc3nc(Cl)nc(-c4cncc(Cl)c4)c32)CC1. The first-order valence-corrected chi connectivity index (χ1v) is 12.1. The van der Waals surface area contributed by atoms with Crippen LogP contribution in [0.25, 0.3) is 22.4 Å². The highest BCUT2D eigenvalue weighted by atomic mass is 35.5. The summed E-state index contributed by atoms with van der Waals surface area (Å²) in [7, 11) is 0. The van der Waals surface area contributed by atoms with Crippen molar-refractivity contribution in [2.24, 2.45) is 11.8 Å². The van der Waals surface area contributed by atoms with Crippen molar-refractivity contribution >= 4 is 34.4 Å². The highest BCUT2D eigenvalue weighted by Crippen LogP contribution is 2.36. The normalized spacial score (nSPS) is 19.4. The number of hydrogen-bond acceptors (Lipinski definition) is 5. The van der Waals surface area contributed by atoms with Gasteiger partial charge >= 0.3 is 0 Å². The number of rotatable bonds is 5. The fraction of sp³-hybridized carbons (Fsp3) is 0.360. The molecule has 3 aromatic heterocycles. The van der Waals surface area contributed by atoms with Gasteiger partial charge in [0.05, 0.1) is 5.02 Å². The van der Waals surface area contributed by atoms with Gasteiger partial charge in [0, 0.05) is 30.1 Å². The molecule has 1 N–H and O–H groups in total. The minimum absolute atomic E-state index is 0.0190. The van der Waals surface area contributed by atoms with Gasteiger partial charge in [0.25, 0.3) is 0 Å². The molecule has 0 aliphatic heterocycles. The molecule has 6 nitrogen and oxygen atoms in total. The van der Waals surface area contributed by atoms with Crippen LogP contribution in [-0.2, 0) is 6.54 Å². The standard InChI is InChI=1S/C25H24Cl2FN5O/c1-14-6-8-15(9-7-14)13-33-21-20(16-10-17(26)12-29-11-16)30-25(27)32-23(21)31-24(33)22(34)18-4-2-3-5-19(18)28/h2-5,10-12,14-15,22,34H,6-9,13H2,1H3/t14-,15-,22?. The largest absolute Gasteiger partial charge is 0.380 e. The van der Waals surface area contributed by atoms with Crippen LogP contribution in [0.3, 0.4) is 0 Å². The topological polar surface area (TPSA) is 76.7 Å². The summed E-state index contributed by atoms with van der Waals surface area (Å²) >= 11 is 12.5. The van der Waals surface area contributed by atoms with Gasteiger partial charge in [-0.1, -0.05) is 49.6 Å². The lowest BCUT2D eigenvalue weighted by molar-refractivity contribution is 0.193. The van der Waals surface area contributed by atoms with Gasteiger partial charge in [0.15, 0.2) is 5.65 Å². The molecule has 1 saturated carbocycles. The number of nitrogens with zero attached hydrogens (tertiary/aromatic N) is 5. The predicted octanol–water partition coefficient (Wildman–Crippen LogP) is 6.24. The van der Waals surface area contributed by atoms with Crippen LogP contribution in [0.4, 0.5) is 4.39 Å². The Balaban J connectivity index is 1.71. The minimum Gasteiger partial charge on any atom is -0.380 e.